The first-order valence-corrected chi connectivity index (χ1v) is 9.50. The monoisotopic (exact) mass is 371 g/mol. The van der Waals surface area contributed by atoms with Crippen LogP contribution in [0.25, 0.3) is 0 Å². The average molecular weight is 371 g/mol. The molecule has 0 spiro atoms. The van der Waals surface area contributed by atoms with Crippen LogP contribution in [0.3, 0.4) is 0 Å². The van der Waals surface area contributed by atoms with Gasteiger partial charge in [0.25, 0.3) is 0 Å². The predicted molar refractivity (Wildman–Crippen MR) is 95.3 cm³/mol. The van der Waals surface area contributed by atoms with E-state index in [1.165, 1.54) is 6.07 Å². The van der Waals surface area contributed by atoms with Crippen molar-refractivity contribution in [2.45, 2.75) is 64.0 Å². The van der Waals surface area contributed by atoms with Gasteiger partial charge in [0, 0.05) is 38.4 Å². The van der Waals surface area contributed by atoms with Gasteiger partial charge < -0.3 is 14.5 Å². The van der Waals surface area contributed by atoms with Gasteiger partial charge in [-0.25, -0.2) is 4.98 Å². The normalized spacial score (nSPS) is 21.5. The first-order chi connectivity index (χ1) is 12.3. The first-order valence-electron chi connectivity index (χ1n) is 9.50. The summed E-state index contributed by atoms with van der Waals surface area (Å²) in [6, 6.07) is 3.16. The molecule has 7 heteroatoms. The number of aromatic nitrogens is 1. The maximum atomic E-state index is 12.6. The Hall–Kier alpha value is -1.34. The predicted octanol–water partition coefficient (Wildman–Crippen LogP) is 3.96. The van der Waals surface area contributed by atoms with Gasteiger partial charge in [-0.1, -0.05) is 0 Å². The molecule has 0 unspecified atom stereocenters. The Kier molecular flexibility index (Phi) is 6.07. The van der Waals surface area contributed by atoms with Crippen LogP contribution in [0.2, 0.25) is 0 Å². The molecule has 26 heavy (non-hydrogen) atoms. The number of rotatable bonds is 4. The van der Waals surface area contributed by atoms with Crippen molar-refractivity contribution in [3.05, 3.63) is 23.9 Å². The van der Waals surface area contributed by atoms with Crippen LogP contribution in [0.15, 0.2) is 18.3 Å². The molecular formula is C19H28F3N3O. The lowest BCUT2D eigenvalue weighted by Gasteiger charge is -2.38. The second-order valence-corrected chi connectivity index (χ2v) is 7.55. The fourth-order valence-electron chi connectivity index (χ4n) is 3.76. The molecule has 2 saturated heterocycles. The SMILES string of the molecule is CC(C)N1CCC(OC2CCN(c3ccc(C(F)(F)F)cn3)CC2)CC1. The lowest BCUT2D eigenvalue weighted by Crippen LogP contribution is -2.44. The van der Waals surface area contributed by atoms with Gasteiger partial charge in [-0.2, -0.15) is 13.2 Å². The molecule has 0 saturated carbocycles. The van der Waals surface area contributed by atoms with Crippen molar-refractivity contribution >= 4 is 5.82 Å². The standard InChI is InChI=1S/C19H28F3N3O/c1-14(2)24-9-5-16(6-10-24)26-17-7-11-25(12-8-17)18-4-3-15(13-23-18)19(20,21)22/h3-4,13-14,16-17H,5-12H2,1-2H3. The fourth-order valence-corrected chi connectivity index (χ4v) is 3.76. The Morgan fingerprint density at radius 3 is 2.04 bits per heavy atom. The molecule has 0 aromatic carbocycles. The lowest BCUT2D eigenvalue weighted by atomic mass is 10.0. The topological polar surface area (TPSA) is 28.6 Å². The second-order valence-electron chi connectivity index (χ2n) is 7.55. The molecule has 0 atom stereocenters. The van der Waals surface area contributed by atoms with Gasteiger partial charge in [0.05, 0.1) is 17.8 Å². The molecule has 0 aliphatic carbocycles. The van der Waals surface area contributed by atoms with E-state index >= 15 is 0 Å². The molecule has 0 amide bonds. The van der Waals surface area contributed by atoms with E-state index in [-0.39, 0.29) is 6.10 Å². The Labute approximate surface area is 153 Å². The highest BCUT2D eigenvalue weighted by Crippen LogP contribution is 2.30. The minimum Gasteiger partial charge on any atom is -0.375 e. The summed E-state index contributed by atoms with van der Waals surface area (Å²) in [6.07, 6.45) is 1.12. The van der Waals surface area contributed by atoms with Crippen molar-refractivity contribution in [3.63, 3.8) is 0 Å². The van der Waals surface area contributed by atoms with Crippen molar-refractivity contribution < 1.29 is 17.9 Å². The van der Waals surface area contributed by atoms with Crippen molar-refractivity contribution in [1.29, 1.82) is 0 Å². The molecule has 0 bridgehead atoms. The summed E-state index contributed by atoms with van der Waals surface area (Å²) >= 11 is 0. The van der Waals surface area contributed by atoms with E-state index in [9.17, 15) is 13.2 Å². The second kappa shape index (κ2) is 8.13. The van der Waals surface area contributed by atoms with Crippen LogP contribution in [0, 0.1) is 0 Å². The summed E-state index contributed by atoms with van der Waals surface area (Å²) in [6.45, 7) is 8.19. The Morgan fingerprint density at radius 1 is 1.00 bits per heavy atom. The molecule has 146 valence electrons. The van der Waals surface area contributed by atoms with Gasteiger partial charge in [-0.3, -0.25) is 0 Å². The molecule has 3 heterocycles. The molecule has 4 nitrogen and oxygen atoms in total. The third-order valence-corrected chi connectivity index (χ3v) is 5.43. The lowest BCUT2D eigenvalue weighted by molar-refractivity contribution is -0.137. The van der Waals surface area contributed by atoms with Crippen molar-refractivity contribution in [2.75, 3.05) is 31.1 Å². The van der Waals surface area contributed by atoms with Gasteiger partial charge in [0.2, 0.25) is 0 Å². The molecule has 0 N–H and O–H groups in total. The summed E-state index contributed by atoms with van der Waals surface area (Å²) in [7, 11) is 0. The van der Waals surface area contributed by atoms with E-state index in [0.717, 1.165) is 64.1 Å². The first kappa shape index (κ1) is 19.4. The number of piperidine rings is 2. The van der Waals surface area contributed by atoms with Crippen LogP contribution in [-0.4, -0.2) is 54.3 Å². The Balaban J connectivity index is 1.44. The van der Waals surface area contributed by atoms with E-state index in [2.05, 4.69) is 23.7 Å². The van der Waals surface area contributed by atoms with Gasteiger partial charge in [-0.05, 0) is 51.7 Å². The average Bonchev–Trinajstić information content (AvgIpc) is 2.62. The smallest absolute Gasteiger partial charge is 0.375 e. The molecule has 2 fully saturated rings. The van der Waals surface area contributed by atoms with Crippen LogP contribution < -0.4 is 4.90 Å². The molecule has 1 aromatic rings. The van der Waals surface area contributed by atoms with E-state index in [1.807, 2.05) is 4.90 Å². The van der Waals surface area contributed by atoms with Crippen LogP contribution in [0.4, 0.5) is 19.0 Å². The zero-order chi connectivity index (χ0) is 18.7. The highest BCUT2D eigenvalue weighted by atomic mass is 19.4. The third-order valence-electron chi connectivity index (χ3n) is 5.43. The number of ether oxygens (including phenoxy) is 1. The summed E-state index contributed by atoms with van der Waals surface area (Å²) in [5.41, 5.74) is -0.702. The van der Waals surface area contributed by atoms with E-state index in [4.69, 9.17) is 4.74 Å². The molecule has 1 aromatic heterocycles. The minimum atomic E-state index is -4.34. The zero-order valence-corrected chi connectivity index (χ0v) is 15.5. The van der Waals surface area contributed by atoms with Gasteiger partial charge in [-0.15, -0.1) is 0 Å². The highest BCUT2D eigenvalue weighted by molar-refractivity contribution is 5.40. The number of pyridine rings is 1. The number of nitrogens with zero attached hydrogens (tertiary/aromatic N) is 3. The van der Waals surface area contributed by atoms with Crippen LogP contribution in [-0.2, 0) is 10.9 Å². The molecule has 3 rings (SSSR count). The van der Waals surface area contributed by atoms with Crippen LogP contribution >= 0.6 is 0 Å². The molecule has 2 aliphatic heterocycles. The van der Waals surface area contributed by atoms with Gasteiger partial charge in [0.15, 0.2) is 0 Å². The van der Waals surface area contributed by atoms with E-state index in [1.54, 1.807) is 0 Å². The molecular weight excluding hydrogens is 343 g/mol. The highest BCUT2D eigenvalue weighted by Gasteiger charge is 2.31. The number of likely N-dealkylation sites (tertiary alicyclic amines) is 1. The Bertz CT molecular complexity index is 560. The Morgan fingerprint density at radius 2 is 1.58 bits per heavy atom. The quantitative estimate of drug-likeness (QED) is 0.801. The minimum absolute atomic E-state index is 0.247. The number of hydrogen-bond acceptors (Lipinski definition) is 4. The van der Waals surface area contributed by atoms with Gasteiger partial charge >= 0.3 is 6.18 Å². The maximum Gasteiger partial charge on any atom is 0.417 e. The summed E-state index contributed by atoms with van der Waals surface area (Å²) in [5.74, 6) is 0.613. The van der Waals surface area contributed by atoms with Crippen LogP contribution in [0.1, 0.15) is 45.1 Å². The third kappa shape index (κ3) is 4.88. The van der Waals surface area contributed by atoms with E-state index in [0.29, 0.717) is 18.0 Å². The molecule has 0 radical (unpaired) electrons. The number of hydrogen-bond donors (Lipinski definition) is 0. The van der Waals surface area contributed by atoms with Crippen molar-refractivity contribution in [1.82, 2.24) is 9.88 Å². The van der Waals surface area contributed by atoms with Gasteiger partial charge in [0.1, 0.15) is 5.82 Å². The number of alkyl halides is 3. The van der Waals surface area contributed by atoms with Crippen molar-refractivity contribution in [3.8, 4) is 0 Å². The van der Waals surface area contributed by atoms with Crippen LogP contribution in [0.5, 0.6) is 0 Å². The number of anilines is 1. The largest absolute Gasteiger partial charge is 0.417 e. The van der Waals surface area contributed by atoms with E-state index < -0.39 is 11.7 Å². The van der Waals surface area contributed by atoms with Crippen molar-refractivity contribution in [2.24, 2.45) is 0 Å². The summed E-state index contributed by atoms with van der Waals surface area (Å²) < 4.78 is 44.2. The maximum absolute atomic E-state index is 12.6. The summed E-state index contributed by atoms with van der Waals surface area (Å²) in [4.78, 5) is 8.52. The zero-order valence-electron chi connectivity index (χ0n) is 15.5. The number of halogens is 3. The molecule has 2 aliphatic rings. The fraction of sp³-hybridized carbons (Fsp3) is 0.737. The summed E-state index contributed by atoms with van der Waals surface area (Å²) in [5, 5.41) is 0.